The first-order valence-corrected chi connectivity index (χ1v) is 9.59. The molecule has 0 unspecified atom stereocenters. The van der Waals surface area contributed by atoms with Crippen molar-refractivity contribution >= 4 is 28.3 Å². The van der Waals surface area contributed by atoms with Crippen molar-refractivity contribution in [3.05, 3.63) is 66.6 Å². The zero-order valence-corrected chi connectivity index (χ0v) is 15.9. The number of hydrogen-bond acceptors (Lipinski definition) is 3. The van der Waals surface area contributed by atoms with Crippen LogP contribution in [-0.4, -0.2) is 48.9 Å². The van der Waals surface area contributed by atoms with Gasteiger partial charge in [0.1, 0.15) is 0 Å². The van der Waals surface area contributed by atoms with Crippen molar-refractivity contribution in [3.8, 4) is 0 Å². The quantitative estimate of drug-likeness (QED) is 0.728. The van der Waals surface area contributed by atoms with E-state index in [2.05, 4.69) is 11.4 Å². The number of carbonyl (C=O) groups is 2. The third-order valence-corrected chi connectivity index (χ3v) is 5.45. The van der Waals surface area contributed by atoms with E-state index in [-0.39, 0.29) is 17.9 Å². The van der Waals surface area contributed by atoms with Crippen LogP contribution in [0.5, 0.6) is 0 Å². The molecule has 1 fully saturated rings. The Bertz CT molecular complexity index is 976. The van der Waals surface area contributed by atoms with Gasteiger partial charge >= 0.3 is 0 Å². The Balaban J connectivity index is 1.34. The average Bonchev–Trinajstić information content (AvgIpc) is 3.27. The maximum atomic E-state index is 12.7. The molecule has 2 N–H and O–H groups in total. The number of nitrogens with one attached hydrogen (secondary N) is 2. The lowest BCUT2D eigenvalue weighted by atomic mass is 10.1. The number of nitrogens with zero attached hydrogens (tertiary/aromatic N) is 1. The number of furan rings is 1. The molecule has 4 rings (SSSR count). The summed E-state index contributed by atoms with van der Waals surface area (Å²) in [6.45, 7) is 4.64. The summed E-state index contributed by atoms with van der Waals surface area (Å²) in [5.41, 5.74) is 0.807. The Morgan fingerprint density at radius 2 is 1.79 bits per heavy atom. The first kappa shape index (κ1) is 18.3. The number of benzene rings is 2. The number of fused-ring (bicyclic) bond motifs is 1. The van der Waals surface area contributed by atoms with Crippen LogP contribution in [0, 0.1) is 0 Å². The highest BCUT2D eigenvalue weighted by Gasteiger charge is 2.31. The van der Waals surface area contributed by atoms with E-state index >= 15 is 0 Å². The average molecular weight is 378 g/mol. The normalized spacial score (nSPS) is 16.1. The van der Waals surface area contributed by atoms with E-state index in [0.717, 1.165) is 29.5 Å². The Hall–Kier alpha value is -3.12. The molecule has 1 aromatic heterocycles. The lowest BCUT2D eigenvalue weighted by Gasteiger charge is -2.34. The second-order valence-electron chi connectivity index (χ2n) is 7.20. The third kappa shape index (κ3) is 3.77. The zero-order valence-electron chi connectivity index (χ0n) is 15.9. The largest absolute Gasteiger partial charge is 0.459 e. The first-order valence-electron chi connectivity index (χ1n) is 9.59. The molecule has 6 heteroatoms. The van der Waals surface area contributed by atoms with Crippen LogP contribution in [0.2, 0.25) is 0 Å². The standard InChI is InChI=1S/C22H23N3O3/c1-16(21(26)23-19-9-8-17-5-2-3-6-18(17)15-19)24-10-12-25(13-11-24)22(27)20-7-4-14-28-20/h2-9,14-16H,10-13H2,1H3,(H,23,26)/p+1/t16-/m1/s1. The highest BCUT2D eigenvalue weighted by Crippen LogP contribution is 2.18. The molecule has 0 bridgehead atoms. The van der Waals surface area contributed by atoms with Crippen molar-refractivity contribution in [1.82, 2.24) is 4.90 Å². The number of hydrogen-bond donors (Lipinski definition) is 2. The molecule has 0 saturated carbocycles. The zero-order chi connectivity index (χ0) is 19.5. The molecule has 1 saturated heterocycles. The van der Waals surface area contributed by atoms with E-state index in [0.29, 0.717) is 18.8 Å². The van der Waals surface area contributed by atoms with Crippen molar-refractivity contribution < 1.29 is 18.9 Å². The molecule has 0 radical (unpaired) electrons. The van der Waals surface area contributed by atoms with E-state index in [4.69, 9.17) is 4.42 Å². The maximum Gasteiger partial charge on any atom is 0.289 e. The Morgan fingerprint density at radius 3 is 2.50 bits per heavy atom. The van der Waals surface area contributed by atoms with Gasteiger partial charge in [-0.3, -0.25) is 9.59 Å². The molecule has 6 nitrogen and oxygen atoms in total. The van der Waals surface area contributed by atoms with Crippen molar-refractivity contribution in [2.24, 2.45) is 0 Å². The second kappa shape index (κ2) is 7.86. The molecule has 1 aliphatic rings. The molecule has 1 atom stereocenters. The fraction of sp³-hybridized carbons (Fsp3) is 0.273. The Labute approximate surface area is 163 Å². The van der Waals surface area contributed by atoms with Gasteiger partial charge in [-0.25, -0.2) is 0 Å². The minimum Gasteiger partial charge on any atom is -0.459 e. The molecule has 0 spiro atoms. The third-order valence-electron chi connectivity index (χ3n) is 5.45. The summed E-state index contributed by atoms with van der Waals surface area (Å²) < 4.78 is 5.20. The van der Waals surface area contributed by atoms with Gasteiger partial charge in [-0.1, -0.05) is 30.3 Å². The molecular weight excluding hydrogens is 354 g/mol. The van der Waals surface area contributed by atoms with Crippen LogP contribution in [0.1, 0.15) is 17.5 Å². The van der Waals surface area contributed by atoms with Crippen LogP contribution >= 0.6 is 0 Å². The molecule has 28 heavy (non-hydrogen) atoms. The summed E-state index contributed by atoms with van der Waals surface area (Å²) in [5, 5.41) is 5.28. The number of quaternary nitrogens is 1. The highest BCUT2D eigenvalue weighted by atomic mass is 16.3. The topological polar surface area (TPSA) is 67.0 Å². The molecule has 2 amide bonds. The lowest BCUT2D eigenvalue weighted by molar-refractivity contribution is -0.917. The SMILES string of the molecule is C[C@H](C(=O)Nc1ccc2ccccc2c1)[NH+]1CCN(C(=O)c2ccco2)CC1. The van der Waals surface area contributed by atoms with Crippen LogP contribution < -0.4 is 10.2 Å². The Morgan fingerprint density at radius 1 is 1.04 bits per heavy atom. The summed E-state index contributed by atoms with van der Waals surface area (Å²) in [4.78, 5) is 28.1. The summed E-state index contributed by atoms with van der Waals surface area (Å²) in [6.07, 6.45) is 1.51. The van der Waals surface area contributed by atoms with Crippen LogP contribution in [0.3, 0.4) is 0 Å². The Kier molecular flexibility index (Phi) is 5.12. The predicted molar refractivity (Wildman–Crippen MR) is 107 cm³/mol. The summed E-state index contributed by atoms with van der Waals surface area (Å²) in [7, 11) is 0. The van der Waals surface area contributed by atoms with E-state index in [1.54, 1.807) is 17.0 Å². The molecular formula is C22H24N3O3+. The van der Waals surface area contributed by atoms with Gasteiger partial charge in [0.2, 0.25) is 0 Å². The first-order chi connectivity index (χ1) is 13.6. The van der Waals surface area contributed by atoms with Crippen LogP contribution in [0.15, 0.2) is 65.3 Å². The smallest absolute Gasteiger partial charge is 0.289 e. The molecule has 0 aliphatic carbocycles. The van der Waals surface area contributed by atoms with Gasteiger partial charge in [0, 0.05) is 5.69 Å². The van der Waals surface area contributed by atoms with Crippen molar-refractivity contribution in [2.75, 3.05) is 31.5 Å². The molecule has 3 aromatic rings. The molecule has 144 valence electrons. The molecule has 2 aromatic carbocycles. The predicted octanol–water partition coefficient (Wildman–Crippen LogP) is 1.80. The van der Waals surface area contributed by atoms with Gasteiger partial charge in [0.15, 0.2) is 11.8 Å². The molecule has 2 heterocycles. The number of anilines is 1. The highest BCUT2D eigenvalue weighted by molar-refractivity contribution is 5.96. The summed E-state index contributed by atoms with van der Waals surface area (Å²) in [6, 6.07) is 17.2. The van der Waals surface area contributed by atoms with E-state index < -0.39 is 0 Å². The van der Waals surface area contributed by atoms with Gasteiger partial charge in [0.25, 0.3) is 11.8 Å². The van der Waals surface area contributed by atoms with Crippen LogP contribution in [-0.2, 0) is 4.79 Å². The summed E-state index contributed by atoms with van der Waals surface area (Å²) in [5.74, 6) is 0.277. The minimum atomic E-state index is -0.188. The van der Waals surface area contributed by atoms with E-state index in [1.807, 2.05) is 43.3 Å². The van der Waals surface area contributed by atoms with Gasteiger partial charge < -0.3 is 19.5 Å². The number of rotatable bonds is 4. The van der Waals surface area contributed by atoms with Crippen molar-refractivity contribution in [2.45, 2.75) is 13.0 Å². The lowest BCUT2D eigenvalue weighted by Crippen LogP contribution is -3.19. The fourth-order valence-electron chi connectivity index (χ4n) is 3.69. The maximum absolute atomic E-state index is 12.7. The number of carbonyl (C=O) groups excluding carboxylic acids is 2. The number of amides is 2. The number of piperazine rings is 1. The van der Waals surface area contributed by atoms with Gasteiger partial charge in [-0.05, 0) is 42.0 Å². The summed E-state index contributed by atoms with van der Waals surface area (Å²) >= 11 is 0. The van der Waals surface area contributed by atoms with Crippen molar-refractivity contribution in [3.63, 3.8) is 0 Å². The fourth-order valence-corrected chi connectivity index (χ4v) is 3.69. The van der Waals surface area contributed by atoms with Gasteiger partial charge in [-0.15, -0.1) is 0 Å². The van der Waals surface area contributed by atoms with Crippen molar-refractivity contribution in [1.29, 1.82) is 0 Å². The van der Waals surface area contributed by atoms with Crippen LogP contribution in [0.25, 0.3) is 10.8 Å². The van der Waals surface area contributed by atoms with E-state index in [9.17, 15) is 9.59 Å². The molecule has 1 aliphatic heterocycles. The van der Waals surface area contributed by atoms with Crippen LogP contribution in [0.4, 0.5) is 5.69 Å². The van der Waals surface area contributed by atoms with E-state index in [1.165, 1.54) is 11.2 Å². The monoisotopic (exact) mass is 378 g/mol. The second-order valence-corrected chi connectivity index (χ2v) is 7.20. The van der Waals surface area contributed by atoms with Gasteiger partial charge in [-0.2, -0.15) is 0 Å². The minimum absolute atomic E-state index is 0.00362. The van der Waals surface area contributed by atoms with Gasteiger partial charge in [0.05, 0.1) is 32.4 Å².